The number of nitrogens with zero attached hydrogens (tertiary/aromatic N) is 8. The highest BCUT2D eigenvalue weighted by atomic mass is 16.3. The third-order valence-corrected chi connectivity index (χ3v) is 23.0. The Hall–Kier alpha value is -15.1. The van der Waals surface area contributed by atoms with Crippen molar-refractivity contribution in [3.8, 4) is 90.6 Å². The van der Waals surface area contributed by atoms with Crippen LogP contribution in [-0.4, -0.2) is 42.0 Å². The fourth-order valence-electron chi connectivity index (χ4n) is 17.9. The fraction of sp³-hybridized carbons (Fsp3) is 0.0392. The molecule has 0 bridgehead atoms. The molecule has 0 spiro atoms. The molecule has 8 heterocycles. The second kappa shape index (κ2) is 26.3. The van der Waals surface area contributed by atoms with E-state index in [0.717, 1.165) is 133 Å². The lowest BCUT2D eigenvalue weighted by atomic mass is 9.82. The zero-order valence-corrected chi connectivity index (χ0v) is 61.2. The van der Waals surface area contributed by atoms with Crippen molar-refractivity contribution in [2.45, 2.75) is 23.9 Å². The third kappa shape index (κ3) is 10.7. The maximum absolute atomic E-state index is 6.88. The molecule has 0 fully saturated rings. The summed E-state index contributed by atoms with van der Waals surface area (Å²) in [6, 6.07) is 118. The van der Waals surface area contributed by atoms with Gasteiger partial charge in [0.15, 0.2) is 34.9 Å². The second-order valence-electron chi connectivity index (χ2n) is 29.4. The van der Waals surface area contributed by atoms with Crippen molar-refractivity contribution in [2.24, 2.45) is 0 Å². The maximum Gasteiger partial charge on any atom is 0.167 e. The van der Waals surface area contributed by atoms with Gasteiger partial charge in [-0.15, -0.1) is 0 Å². The first-order valence-electron chi connectivity index (χ1n) is 38.5. The Morgan fingerprint density at radius 2 is 0.579 bits per heavy atom. The molecule has 0 saturated heterocycles. The Morgan fingerprint density at radius 1 is 0.237 bits per heavy atom. The van der Waals surface area contributed by atoms with Crippen molar-refractivity contribution in [3.63, 3.8) is 0 Å². The van der Waals surface area contributed by atoms with E-state index in [2.05, 4.69) is 313 Å². The molecule has 4 atom stereocenters. The number of hydrogen-bond donors (Lipinski definition) is 0. The average Bonchev–Trinajstić information content (AvgIpc) is 1.56. The zero-order chi connectivity index (χ0) is 74.9. The quantitative estimate of drug-likeness (QED) is 0.129. The van der Waals surface area contributed by atoms with Gasteiger partial charge in [-0.1, -0.05) is 261 Å². The van der Waals surface area contributed by atoms with Gasteiger partial charge >= 0.3 is 0 Å². The Morgan fingerprint density at radius 3 is 1.07 bits per heavy atom. The SMILES string of the molecule is C1=CC2C(c3ccccc3N2c2ccccc2)c2c1oc1c(-c3nc(-c4ccc(-c5ccccc5)cc4)nc(-c4ccc5c(c4)oc4ccccc45)n3)cccc21.C1=CC2C(c3ccccc3N2c2ccccc2)c2c1oc1c(-c3nc(-c4cccc(-c5ccccc5)c4)nc(-c4ccc5c(c4)oc4ccccc45)n3)cccc21. The van der Waals surface area contributed by atoms with Gasteiger partial charge < -0.3 is 27.5 Å². The molecule has 2 aliphatic carbocycles. The molecule has 2 aliphatic heterocycles. The lowest BCUT2D eigenvalue weighted by Gasteiger charge is -2.30. The molecule has 536 valence electrons. The van der Waals surface area contributed by atoms with Gasteiger partial charge in [-0.25, -0.2) is 29.9 Å². The summed E-state index contributed by atoms with van der Waals surface area (Å²) in [6.45, 7) is 0. The summed E-state index contributed by atoms with van der Waals surface area (Å²) >= 11 is 0. The molecule has 12 nitrogen and oxygen atoms in total. The minimum Gasteiger partial charge on any atom is -0.456 e. The molecule has 0 amide bonds. The van der Waals surface area contributed by atoms with Crippen molar-refractivity contribution in [1.29, 1.82) is 0 Å². The summed E-state index contributed by atoms with van der Waals surface area (Å²) in [5, 5.41) is 6.38. The number of benzene rings is 14. The number of fused-ring (bicyclic) bond motifs is 20. The largest absolute Gasteiger partial charge is 0.456 e. The van der Waals surface area contributed by atoms with E-state index < -0.39 is 0 Å². The van der Waals surface area contributed by atoms with E-state index >= 15 is 0 Å². The monoisotopic (exact) mass is 1460 g/mol. The van der Waals surface area contributed by atoms with E-state index in [-0.39, 0.29) is 23.9 Å². The molecule has 14 aromatic carbocycles. The van der Waals surface area contributed by atoms with Gasteiger partial charge in [0.1, 0.15) is 45.0 Å². The Labute approximate surface area is 654 Å². The van der Waals surface area contributed by atoms with Crippen LogP contribution in [0.2, 0.25) is 0 Å². The van der Waals surface area contributed by atoms with Crippen molar-refractivity contribution in [1.82, 2.24) is 29.9 Å². The molecule has 12 heteroatoms. The molecule has 24 rings (SSSR count). The van der Waals surface area contributed by atoms with E-state index in [1.165, 1.54) is 45.0 Å². The van der Waals surface area contributed by atoms with E-state index in [1.54, 1.807) is 0 Å². The third-order valence-electron chi connectivity index (χ3n) is 23.0. The highest BCUT2D eigenvalue weighted by Gasteiger charge is 2.45. The minimum atomic E-state index is 0.0821. The van der Waals surface area contributed by atoms with E-state index in [1.807, 2.05) is 60.7 Å². The molecule has 0 saturated carbocycles. The molecule has 0 radical (unpaired) electrons. The molecule has 4 unspecified atom stereocenters. The molecule has 0 N–H and O–H groups in total. The van der Waals surface area contributed by atoms with Crippen LogP contribution in [0.5, 0.6) is 0 Å². The summed E-state index contributed by atoms with van der Waals surface area (Å²) in [4.78, 5) is 35.9. The summed E-state index contributed by atoms with van der Waals surface area (Å²) in [5.74, 6) is 5.25. The predicted molar refractivity (Wildman–Crippen MR) is 457 cm³/mol. The molecule has 20 aromatic rings. The van der Waals surface area contributed by atoms with Gasteiger partial charge in [0.2, 0.25) is 0 Å². The van der Waals surface area contributed by atoms with Crippen LogP contribution in [0.25, 0.3) is 169 Å². The maximum atomic E-state index is 6.88. The van der Waals surface area contributed by atoms with Crippen molar-refractivity contribution in [2.75, 3.05) is 9.80 Å². The minimum absolute atomic E-state index is 0.0821. The van der Waals surface area contributed by atoms with Crippen LogP contribution in [-0.2, 0) is 0 Å². The summed E-state index contributed by atoms with van der Waals surface area (Å²) < 4.78 is 26.4. The van der Waals surface area contributed by atoms with Gasteiger partial charge in [0, 0.05) is 100 Å². The number of rotatable bonds is 10. The summed E-state index contributed by atoms with van der Waals surface area (Å²) in [6.07, 6.45) is 8.86. The number of furan rings is 4. The first-order chi connectivity index (χ1) is 56.5. The lowest BCUT2D eigenvalue weighted by Crippen LogP contribution is -2.30. The molecular weight excluding hydrogens is 1400 g/mol. The topological polar surface area (TPSA) is 136 Å². The smallest absolute Gasteiger partial charge is 0.167 e. The zero-order valence-electron chi connectivity index (χ0n) is 61.2. The molecule has 114 heavy (non-hydrogen) atoms. The van der Waals surface area contributed by atoms with Gasteiger partial charge in [0.05, 0.1) is 23.2 Å². The Kier molecular flexibility index (Phi) is 14.9. The van der Waals surface area contributed by atoms with Crippen molar-refractivity contribution >= 4 is 101 Å². The van der Waals surface area contributed by atoms with Gasteiger partial charge in [0.25, 0.3) is 0 Å². The van der Waals surface area contributed by atoms with E-state index in [0.29, 0.717) is 34.9 Å². The molecular formula is C102H64N8O4. The van der Waals surface area contributed by atoms with Gasteiger partial charge in [-0.3, -0.25) is 0 Å². The van der Waals surface area contributed by atoms with Crippen LogP contribution in [0.1, 0.15) is 45.6 Å². The van der Waals surface area contributed by atoms with Crippen LogP contribution < -0.4 is 9.80 Å². The first-order valence-corrected chi connectivity index (χ1v) is 38.5. The number of anilines is 4. The standard InChI is InChI=1S/2C51H32N4O2/c1-3-13-31(14-4-1)32-15-11-16-33(29-32)49-52-50(34-25-26-37-36-19-8-10-24-43(36)56-45(37)30-34)54-51(53-49)40-22-12-21-39-47-44(57-48(39)40)28-27-42-46(47)38-20-7-9-23-41(38)55(42)35-17-5-2-6-18-35;1-3-12-31(13-4-1)32-22-24-33(25-23-32)49-52-50(34-26-27-37-36-16-8-10-21-43(36)56-45(37)30-34)54-51(53-49)40-19-11-18-39-47-44(57-48(39)40)29-28-42-46(47)38-17-7-9-20-41(38)55(42)35-14-5-2-6-15-35/h2*1-30,42,46H. The molecule has 4 aliphatic rings. The fourth-order valence-corrected chi connectivity index (χ4v) is 17.9. The van der Waals surface area contributed by atoms with Crippen molar-refractivity contribution in [3.05, 3.63) is 386 Å². The molecule has 6 aromatic heterocycles. The highest BCUT2D eigenvalue weighted by molar-refractivity contribution is 6.08. The van der Waals surface area contributed by atoms with E-state index in [4.69, 9.17) is 47.6 Å². The van der Waals surface area contributed by atoms with Crippen LogP contribution in [0, 0.1) is 0 Å². The Bertz CT molecular complexity index is 7290. The first kappa shape index (κ1) is 64.8. The van der Waals surface area contributed by atoms with Crippen LogP contribution in [0.4, 0.5) is 22.7 Å². The van der Waals surface area contributed by atoms with Crippen LogP contribution in [0.15, 0.2) is 370 Å². The second-order valence-corrected chi connectivity index (χ2v) is 29.4. The van der Waals surface area contributed by atoms with Crippen molar-refractivity contribution < 1.29 is 17.7 Å². The number of para-hydroxylation sites is 8. The summed E-state index contributed by atoms with van der Waals surface area (Å²) in [5.41, 5.74) is 24.1. The van der Waals surface area contributed by atoms with E-state index in [9.17, 15) is 0 Å². The average molecular weight is 1470 g/mol. The number of hydrogen-bond acceptors (Lipinski definition) is 12. The Balaban J connectivity index is 0.000000135. The van der Waals surface area contributed by atoms with Gasteiger partial charge in [-0.2, -0.15) is 0 Å². The predicted octanol–water partition coefficient (Wildman–Crippen LogP) is 25.7. The van der Waals surface area contributed by atoms with Crippen LogP contribution >= 0.6 is 0 Å². The summed E-state index contributed by atoms with van der Waals surface area (Å²) in [7, 11) is 0. The number of aromatic nitrogens is 6. The van der Waals surface area contributed by atoms with Crippen LogP contribution in [0.3, 0.4) is 0 Å². The lowest BCUT2D eigenvalue weighted by molar-refractivity contribution is 0.584. The normalized spacial score (nSPS) is 15.6. The highest BCUT2D eigenvalue weighted by Crippen LogP contribution is 2.57. The van der Waals surface area contributed by atoms with Gasteiger partial charge in [-0.05, 0) is 137 Å².